The lowest BCUT2D eigenvalue weighted by Crippen LogP contribution is -1.83. The Hall–Kier alpha value is -1.75. The van der Waals surface area contributed by atoms with Crippen molar-refractivity contribution in [1.82, 2.24) is 9.72 Å². The van der Waals surface area contributed by atoms with Crippen LogP contribution in [0.25, 0.3) is 22.2 Å². The maximum Gasteiger partial charge on any atom is 0.191 e. The van der Waals surface area contributed by atoms with E-state index in [1.165, 1.54) is 6.20 Å². The second kappa shape index (κ2) is 3.63. The van der Waals surface area contributed by atoms with Crippen LogP contribution in [0.15, 0.2) is 39.6 Å². The van der Waals surface area contributed by atoms with Crippen LogP contribution in [0.4, 0.5) is 5.69 Å². The van der Waals surface area contributed by atoms with Crippen molar-refractivity contribution in [2.45, 2.75) is 0 Å². The molecule has 17 heavy (non-hydrogen) atoms. The molecule has 0 aliphatic heterocycles. The van der Waals surface area contributed by atoms with Gasteiger partial charge in [-0.15, -0.1) is 0 Å². The van der Waals surface area contributed by atoms with E-state index in [0.717, 1.165) is 20.9 Å². The van der Waals surface area contributed by atoms with Crippen LogP contribution in [0.5, 0.6) is 0 Å². The number of rotatable bonds is 1. The quantitative estimate of drug-likeness (QED) is 0.749. The number of hydrogen-bond acceptors (Lipinski definition) is 3. The summed E-state index contributed by atoms with van der Waals surface area (Å²) in [5.41, 5.74) is 8.47. The second-order valence-electron chi connectivity index (χ2n) is 3.93. The van der Waals surface area contributed by atoms with Gasteiger partial charge in [0.1, 0.15) is 5.69 Å². The van der Waals surface area contributed by atoms with Crippen molar-refractivity contribution in [3.05, 3.63) is 35.1 Å². The summed E-state index contributed by atoms with van der Waals surface area (Å²) in [5, 5.41) is 4.80. The molecule has 0 saturated heterocycles. The highest BCUT2D eigenvalue weighted by atomic mass is 79.9. The summed E-state index contributed by atoms with van der Waals surface area (Å²) >= 11 is 3.47. The minimum atomic E-state index is 0.553. The number of nitrogens with two attached hydrogens (primary N) is 1. The molecule has 2 heterocycles. The van der Waals surface area contributed by atoms with Gasteiger partial charge < -0.3 is 14.8 Å². The first-order valence-corrected chi connectivity index (χ1v) is 5.91. The SMILES string of the molecule is Cn1cc(-c2oncc2N)c2cc(Br)ccc21. The van der Waals surface area contributed by atoms with Crippen molar-refractivity contribution in [3.63, 3.8) is 0 Å². The van der Waals surface area contributed by atoms with E-state index in [-0.39, 0.29) is 0 Å². The third-order valence-corrected chi connectivity index (χ3v) is 3.29. The van der Waals surface area contributed by atoms with Crippen LogP contribution >= 0.6 is 15.9 Å². The Morgan fingerprint density at radius 1 is 1.41 bits per heavy atom. The molecule has 0 fully saturated rings. The van der Waals surface area contributed by atoms with E-state index in [0.29, 0.717) is 11.4 Å². The summed E-state index contributed by atoms with van der Waals surface area (Å²) in [6.45, 7) is 0. The van der Waals surface area contributed by atoms with Crippen molar-refractivity contribution in [3.8, 4) is 11.3 Å². The number of aromatic nitrogens is 2. The molecule has 0 bridgehead atoms. The van der Waals surface area contributed by atoms with E-state index in [9.17, 15) is 0 Å². The molecule has 3 aromatic rings. The minimum absolute atomic E-state index is 0.553. The molecule has 86 valence electrons. The molecule has 4 nitrogen and oxygen atoms in total. The summed E-state index contributed by atoms with van der Waals surface area (Å²) in [6, 6.07) is 6.11. The van der Waals surface area contributed by atoms with Gasteiger partial charge in [-0.05, 0) is 18.2 Å². The molecular formula is C12H10BrN3O. The monoisotopic (exact) mass is 291 g/mol. The molecule has 3 rings (SSSR count). The largest absolute Gasteiger partial charge is 0.394 e. The van der Waals surface area contributed by atoms with E-state index in [2.05, 4.69) is 27.2 Å². The molecule has 0 saturated carbocycles. The van der Waals surface area contributed by atoms with Crippen LogP contribution in [-0.2, 0) is 7.05 Å². The molecule has 0 spiro atoms. The highest BCUT2D eigenvalue weighted by Gasteiger charge is 2.14. The maximum atomic E-state index is 5.83. The summed E-state index contributed by atoms with van der Waals surface area (Å²) in [5.74, 6) is 0.619. The van der Waals surface area contributed by atoms with Gasteiger partial charge in [0.2, 0.25) is 0 Å². The number of nitrogen functional groups attached to an aromatic ring is 1. The molecule has 0 aliphatic rings. The molecule has 2 aromatic heterocycles. The Morgan fingerprint density at radius 2 is 2.24 bits per heavy atom. The topological polar surface area (TPSA) is 57.0 Å². The van der Waals surface area contributed by atoms with Crippen LogP contribution in [0.2, 0.25) is 0 Å². The maximum absolute atomic E-state index is 5.83. The number of anilines is 1. The van der Waals surface area contributed by atoms with Gasteiger partial charge in [-0.3, -0.25) is 0 Å². The molecule has 0 radical (unpaired) electrons. The van der Waals surface area contributed by atoms with Gasteiger partial charge in [-0.2, -0.15) is 0 Å². The lowest BCUT2D eigenvalue weighted by atomic mass is 10.1. The first-order chi connectivity index (χ1) is 8.16. The molecular weight excluding hydrogens is 282 g/mol. The summed E-state index contributed by atoms with van der Waals surface area (Å²) < 4.78 is 8.27. The van der Waals surface area contributed by atoms with Crippen LogP contribution in [0, 0.1) is 0 Å². The second-order valence-corrected chi connectivity index (χ2v) is 4.84. The first-order valence-electron chi connectivity index (χ1n) is 5.12. The van der Waals surface area contributed by atoms with E-state index >= 15 is 0 Å². The molecule has 2 N–H and O–H groups in total. The fraction of sp³-hybridized carbons (Fsp3) is 0.0833. The Labute approximate surface area is 106 Å². The predicted octanol–water partition coefficient (Wildman–Crippen LogP) is 3.18. The average molecular weight is 292 g/mol. The van der Waals surface area contributed by atoms with Gasteiger partial charge >= 0.3 is 0 Å². The van der Waals surface area contributed by atoms with Crippen LogP contribution < -0.4 is 5.73 Å². The number of halogens is 1. The summed E-state index contributed by atoms with van der Waals surface area (Å²) in [6.07, 6.45) is 3.51. The van der Waals surface area contributed by atoms with Crippen LogP contribution in [0.1, 0.15) is 0 Å². The number of benzene rings is 1. The van der Waals surface area contributed by atoms with Crippen molar-refractivity contribution in [1.29, 1.82) is 0 Å². The van der Waals surface area contributed by atoms with Gasteiger partial charge in [0.15, 0.2) is 5.76 Å². The van der Waals surface area contributed by atoms with E-state index < -0.39 is 0 Å². The normalized spacial score (nSPS) is 11.2. The highest BCUT2D eigenvalue weighted by Crippen LogP contribution is 2.34. The third-order valence-electron chi connectivity index (χ3n) is 2.79. The lowest BCUT2D eigenvalue weighted by Gasteiger charge is -1.97. The van der Waals surface area contributed by atoms with E-state index in [1.807, 2.05) is 29.9 Å². The fourth-order valence-corrected chi connectivity index (χ4v) is 2.36. The third kappa shape index (κ3) is 1.54. The molecule has 5 heteroatoms. The van der Waals surface area contributed by atoms with Gasteiger partial charge in [-0.25, -0.2) is 0 Å². The predicted molar refractivity (Wildman–Crippen MR) is 70.5 cm³/mol. The van der Waals surface area contributed by atoms with Gasteiger partial charge in [-0.1, -0.05) is 21.1 Å². The average Bonchev–Trinajstić information content (AvgIpc) is 2.83. The Bertz CT molecular complexity index is 699. The molecule has 0 aliphatic carbocycles. The van der Waals surface area contributed by atoms with Crippen molar-refractivity contribution < 1.29 is 4.52 Å². The lowest BCUT2D eigenvalue weighted by molar-refractivity contribution is 0.433. The first kappa shape index (κ1) is 10.4. The van der Waals surface area contributed by atoms with Crippen LogP contribution in [-0.4, -0.2) is 9.72 Å². The number of aryl methyl sites for hydroxylation is 1. The van der Waals surface area contributed by atoms with Gasteiger partial charge in [0.25, 0.3) is 0 Å². The minimum Gasteiger partial charge on any atom is -0.394 e. The van der Waals surface area contributed by atoms with Crippen LogP contribution in [0.3, 0.4) is 0 Å². The van der Waals surface area contributed by atoms with Gasteiger partial charge in [0.05, 0.1) is 6.20 Å². The Balaban J connectivity index is 2.37. The zero-order chi connectivity index (χ0) is 12.0. The highest BCUT2D eigenvalue weighted by molar-refractivity contribution is 9.10. The van der Waals surface area contributed by atoms with Crippen molar-refractivity contribution in [2.24, 2.45) is 7.05 Å². The number of nitrogens with zero attached hydrogens (tertiary/aromatic N) is 2. The van der Waals surface area contributed by atoms with Gasteiger partial charge in [0, 0.05) is 34.2 Å². The summed E-state index contributed by atoms with van der Waals surface area (Å²) in [7, 11) is 1.99. The zero-order valence-corrected chi connectivity index (χ0v) is 10.7. The number of hydrogen-bond donors (Lipinski definition) is 1. The molecule has 0 unspecified atom stereocenters. The molecule has 0 amide bonds. The Kier molecular flexibility index (Phi) is 2.22. The number of fused-ring (bicyclic) bond motifs is 1. The Morgan fingerprint density at radius 3 is 2.94 bits per heavy atom. The van der Waals surface area contributed by atoms with E-state index in [4.69, 9.17) is 10.3 Å². The standard InChI is InChI=1S/C12H10BrN3O/c1-16-6-9(12-10(14)5-15-17-12)8-4-7(13)2-3-11(8)16/h2-6H,14H2,1H3. The summed E-state index contributed by atoms with van der Waals surface area (Å²) in [4.78, 5) is 0. The fourth-order valence-electron chi connectivity index (χ4n) is 2.00. The molecule has 0 atom stereocenters. The smallest absolute Gasteiger partial charge is 0.191 e. The molecule has 1 aromatic carbocycles. The van der Waals surface area contributed by atoms with Crippen molar-refractivity contribution in [2.75, 3.05) is 5.73 Å². The van der Waals surface area contributed by atoms with Crippen molar-refractivity contribution >= 4 is 32.5 Å². The van der Waals surface area contributed by atoms with E-state index in [1.54, 1.807) is 0 Å². The zero-order valence-electron chi connectivity index (χ0n) is 9.14.